The van der Waals surface area contributed by atoms with E-state index in [1.807, 2.05) is 6.07 Å². The summed E-state index contributed by atoms with van der Waals surface area (Å²) in [6.07, 6.45) is 3.54. The lowest BCUT2D eigenvalue weighted by Gasteiger charge is -2.14. The molecule has 0 bridgehead atoms. The number of fused-ring (bicyclic) bond motifs is 1. The molecule has 0 aliphatic heterocycles. The lowest BCUT2D eigenvalue weighted by molar-refractivity contribution is 0.237. The molecule has 19 heavy (non-hydrogen) atoms. The average molecular weight is 345 g/mol. The fourth-order valence-electron chi connectivity index (χ4n) is 2.25. The fraction of sp³-hybridized carbons (Fsp3) is 0.462. The van der Waals surface area contributed by atoms with Crippen molar-refractivity contribution in [1.29, 1.82) is 0 Å². The van der Waals surface area contributed by atoms with Gasteiger partial charge in [-0.25, -0.2) is 4.79 Å². The number of aryl methyl sites for hydroxylation is 1. The van der Waals surface area contributed by atoms with Gasteiger partial charge in [0.1, 0.15) is 0 Å². The Morgan fingerprint density at radius 1 is 1.53 bits per heavy atom. The molecule has 0 fully saturated rings. The van der Waals surface area contributed by atoms with E-state index in [1.54, 1.807) is 6.26 Å². The number of hydrogen-bond acceptors (Lipinski definition) is 2. The van der Waals surface area contributed by atoms with E-state index in [9.17, 15) is 9.00 Å². The predicted molar refractivity (Wildman–Crippen MR) is 80.7 cm³/mol. The lowest BCUT2D eigenvalue weighted by atomic mass is 10.1. The Kier molecular flexibility index (Phi) is 4.99. The van der Waals surface area contributed by atoms with Crippen LogP contribution < -0.4 is 10.6 Å². The van der Waals surface area contributed by atoms with Crippen molar-refractivity contribution in [2.75, 3.05) is 18.6 Å². The molecule has 0 heterocycles. The van der Waals surface area contributed by atoms with E-state index >= 15 is 0 Å². The van der Waals surface area contributed by atoms with Gasteiger partial charge in [-0.3, -0.25) is 4.21 Å². The topological polar surface area (TPSA) is 58.2 Å². The molecule has 1 aromatic carbocycles. The Morgan fingerprint density at radius 3 is 3.05 bits per heavy atom. The first-order chi connectivity index (χ1) is 9.06. The molecule has 2 atom stereocenters. The molecule has 6 heteroatoms. The summed E-state index contributed by atoms with van der Waals surface area (Å²) in [7, 11) is -0.873. The largest absolute Gasteiger partial charge is 0.337 e. The van der Waals surface area contributed by atoms with Crippen molar-refractivity contribution in [1.82, 2.24) is 10.6 Å². The van der Waals surface area contributed by atoms with Crippen molar-refractivity contribution in [2.24, 2.45) is 0 Å². The monoisotopic (exact) mass is 344 g/mol. The molecule has 0 spiro atoms. The van der Waals surface area contributed by atoms with Crippen LogP contribution in [0.25, 0.3) is 0 Å². The summed E-state index contributed by atoms with van der Waals surface area (Å²) in [5, 5.41) is 5.69. The Morgan fingerprint density at radius 2 is 2.32 bits per heavy atom. The summed E-state index contributed by atoms with van der Waals surface area (Å²) in [5.74, 6) is 0.488. The number of urea groups is 1. The van der Waals surface area contributed by atoms with Crippen molar-refractivity contribution >= 4 is 32.8 Å². The third-order valence-electron chi connectivity index (χ3n) is 3.16. The second-order valence-electron chi connectivity index (χ2n) is 4.61. The highest BCUT2D eigenvalue weighted by atomic mass is 79.9. The number of carbonyl (C=O) groups is 1. The van der Waals surface area contributed by atoms with E-state index in [0.29, 0.717) is 12.3 Å². The molecule has 2 amide bonds. The van der Waals surface area contributed by atoms with E-state index < -0.39 is 10.8 Å². The lowest BCUT2D eigenvalue weighted by Crippen LogP contribution is -2.39. The quantitative estimate of drug-likeness (QED) is 0.878. The number of hydrogen-bond donors (Lipinski definition) is 2. The SMILES string of the molecule is C[S@](=O)CCNC(=O)N[C@H]1CCc2cc(Br)ccc21. The Bertz CT molecular complexity index is 507. The van der Waals surface area contributed by atoms with Gasteiger partial charge in [0.25, 0.3) is 0 Å². The maximum atomic E-state index is 11.7. The third kappa shape index (κ3) is 4.04. The standard InChI is InChI=1S/C13H17BrN2O2S/c1-19(18)7-6-15-13(17)16-12-5-2-9-8-10(14)3-4-11(9)12/h3-4,8,12H,2,5-7H2,1H3,(H2,15,16,17)/t12-,19-/m0/s1. The van der Waals surface area contributed by atoms with Gasteiger partial charge in [0, 0.05) is 33.8 Å². The Hall–Kier alpha value is -0.880. The van der Waals surface area contributed by atoms with E-state index in [2.05, 4.69) is 38.7 Å². The van der Waals surface area contributed by atoms with E-state index in [0.717, 1.165) is 17.3 Å². The summed E-state index contributed by atoms with van der Waals surface area (Å²) < 4.78 is 12.0. The van der Waals surface area contributed by atoms with Crippen LogP contribution in [0.2, 0.25) is 0 Å². The van der Waals surface area contributed by atoms with Crippen LogP contribution in [0.3, 0.4) is 0 Å². The second kappa shape index (κ2) is 6.52. The molecule has 4 nitrogen and oxygen atoms in total. The first-order valence-corrected chi connectivity index (χ1v) is 8.71. The number of nitrogens with one attached hydrogen (secondary N) is 2. The molecule has 1 aliphatic rings. The zero-order valence-corrected chi connectivity index (χ0v) is 13.1. The minimum absolute atomic E-state index is 0.0789. The maximum Gasteiger partial charge on any atom is 0.315 e. The van der Waals surface area contributed by atoms with E-state index in [-0.39, 0.29) is 12.1 Å². The molecule has 0 radical (unpaired) electrons. The smallest absolute Gasteiger partial charge is 0.315 e. The average Bonchev–Trinajstić information content (AvgIpc) is 2.71. The van der Waals surface area contributed by atoms with Crippen molar-refractivity contribution in [3.8, 4) is 0 Å². The molecule has 2 rings (SSSR count). The van der Waals surface area contributed by atoms with Crippen molar-refractivity contribution in [2.45, 2.75) is 18.9 Å². The van der Waals surface area contributed by atoms with Gasteiger partial charge in [0.2, 0.25) is 0 Å². The van der Waals surface area contributed by atoms with Gasteiger partial charge >= 0.3 is 6.03 Å². The highest BCUT2D eigenvalue weighted by molar-refractivity contribution is 9.10. The van der Waals surface area contributed by atoms with Gasteiger partial charge in [-0.2, -0.15) is 0 Å². The minimum atomic E-state index is -0.873. The normalized spacial score (nSPS) is 18.7. The number of halogens is 1. The van der Waals surface area contributed by atoms with Crippen LogP contribution in [-0.4, -0.2) is 28.8 Å². The molecule has 0 aromatic heterocycles. The van der Waals surface area contributed by atoms with Crippen LogP contribution in [-0.2, 0) is 17.2 Å². The highest BCUT2D eigenvalue weighted by Crippen LogP contribution is 2.32. The van der Waals surface area contributed by atoms with E-state index in [1.165, 1.54) is 11.1 Å². The molecule has 0 saturated carbocycles. The minimum Gasteiger partial charge on any atom is -0.337 e. The molecule has 104 valence electrons. The summed E-state index contributed by atoms with van der Waals surface area (Å²) in [4.78, 5) is 11.7. The predicted octanol–water partition coefficient (Wildman–Crippen LogP) is 2.11. The highest BCUT2D eigenvalue weighted by Gasteiger charge is 2.23. The van der Waals surface area contributed by atoms with Gasteiger partial charge in [0.15, 0.2) is 0 Å². The van der Waals surface area contributed by atoms with Crippen molar-refractivity contribution in [3.63, 3.8) is 0 Å². The molecule has 2 N–H and O–H groups in total. The number of rotatable bonds is 4. The third-order valence-corrected chi connectivity index (χ3v) is 4.44. The number of benzene rings is 1. The van der Waals surface area contributed by atoms with Crippen LogP contribution in [0.5, 0.6) is 0 Å². The summed E-state index contributed by atoms with van der Waals surface area (Å²) in [5.41, 5.74) is 2.48. The van der Waals surface area contributed by atoms with Crippen LogP contribution in [0.1, 0.15) is 23.6 Å². The van der Waals surface area contributed by atoms with Gasteiger partial charge in [-0.15, -0.1) is 0 Å². The van der Waals surface area contributed by atoms with Crippen LogP contribution in [0, 0.1) is 0 Å². The first kappa shape index (κ1) is 14.5. The van der Waals surface area contributed by atoms with Crippen LogP contribution >= 0.6 is 15.9 Å². The Labute approximate surface area is 123 Å². The van der Waals surface area contributed by atoms with Gasteiger partial charge in [0.05, 0.1) is 6.04 Å². The Balaban J connectivity index is 1.88. The number of amides is 2. The van der Waals surface area contributed by atoms with Crippen LogP contribution in [0.15, 0.2) is 22.7 Å². The molecular weight excluding hydrogens is 328 g/mol. The molecule has 0 saturated heterocycles. The van der Waals surface area contributed by atoms with Gasteiger partial charge in [-0.05, 0) is 36.1 Å². The molecule has 0 unspecified atom stereocenters. The zero-order chi connectivity index (χ0) is 13.8. The molecule has 1 aliphatic carbocycles. The van der Waals surface area contributed by atoms with E-state index in [4.69, 9.17) is 0 Å². The summed E-state index contributed by atoms with van der Waals surface area (Å²) in [6.45, 7) is 0.439. The van der Waals surface area contributed by atoms with Crippen molar-refractivity contribution in [3.05, 3.63) is 33.8 Å². The maximum absolute atomic E-state index is 11.7. The first-order valence-electron chi connectivity index (χ1n) is 6.19. The fourth-order valence-corrected chi connectivity index (χ4v) is 3.05. The second-order valence-corrected chi connectivity index (χ2v) is 7.08. The van der Waals surface area contributed by atoms with Crippen LogP contribution in [0.4, 0.5) is 4.79 Å². The zero-order valence-electron chi connectivity index (χ0n) is 10.7. The summed E-state index contributed by atoms with van der Waals surface area (Å²) >= 11 is 3.45. The number of carbonyl (C=O) groups excluding carboxylic acids is 1. The summed E-state index contributed by atoms with van der Waals surface area (Å²) in [6, 6.07) is 6.05. The van der Waals surface area contributed by atoms with Gasteiger partial charge in [-0.1, -0.05) is 22.0 Å². The molecular formula is C13H17BrN2O2S. The van der Waals surface area contributed by atoms with Crippen molar-refractivity contribution < 1.29 is 9.00 Å². The molecule has 1 aromatic rings. The van der Waals surface area contributed by atoms with Gasteiger partial charge < -0.3 is 10.6 Å².